The largest absolute Gasteiger partial charge is 0.444 e. The fraction of sp³-hybridized carbons (Fsp3) is 0.400. The van der Waals surface area contributed by atoms with Crippen LogP contribution in [0.3, 0.4) is 0 Å². The van der Waals surface area contributed by atoms with E-state index in [0.29, 0.717) is 16.5 Å². The van der Waals surface area contributed by atoms with Crippen LogP contribution in [0.5, 0.6) is 0 Å². The van der Waals surface area contributed by atoms with Gasteiger partial charge < -0.3 is 10.2 Å². The van der Waals surface area contributed by atoms with Crippen molar-refractivity contribution in [3.8, 4) is 0 Å². The molecule has 1 aromatic heterocycles. The van der Waals surface area contributed by atoms with Crippen LogP contribution < -0.4 is 16.6 Å². The molecule has 0 unspecified atom stereocenters. The quantitative estimate of drug-likeness (QED) is 0.560. The number of hydrogen-bond donors (Lipinski definition) is 3. The third-order valence-corrected chi connectivity index (χ3v) is 1.94. The molecule has 0 radical (unpaired) electrons. The zero-order valence-electron chi connectivity index (χ0n) is 9.87. The molecule has 0 bridgehead atoms. The van der Waals surface area contributed by atoms with Gasteiger partial charge in [-0.25, -0.2) is 9.78 Å². The lowest BCUT2D eigenvalue weighted by molar-refractivity contribution is 0.0635. The minimum absolute atomic E-state index is 0.302. The van der Waals surface area contributed by atoms with E-state index >= 15 is 0 Å². The summed E-state index contributed by atoms with van der Waals surface area (Å²) in [5, 5.41) is 2.84. The Morgan fingerprint density at radius 2 is 2.18 bits per heavy atom. The number of aromatic nitrogens is 1. The highest BCUT2D eigenvalue weighted by Gasteiger charge is 2.16. The number of hydrazine groups is 1. The molecule has 1 aromatic rings. The lowest BCUT2D eigenvalue weighted by Gasteiger charge is -2.19. The van der Waals surface area contributed by atoms with Crippen LogP contribution in [0, 0.1) is 0 Å². The first-order valence-electron chi connectivity index (χ1n) is 4.94. The molecule has 0 aliphatic rings. The number of nitrogens with one attached hydrogen (secondary N) is 2. The van der Waals surface area contributed by atoms with Crippen LogP contribution in [0.15, 0.2) is 12.3 Å². The molecule has 0 spiro atoms. The van der Waals surface area contributed by atoms with Crippen LogP contribution in [0.1, 0.15) is 20.8 Å². The number of nitrogens with two attached hydrogens (primary N) is 1. The number of ether oxygens (including phenoxy) is 1. The lowest BCUT2D eigenvalue weighted by Crippen LogP contribution is -2.27. The summed E-state index contributed by atoms with van der Waals surface area (Å²) in [7, 11) is 0. The highest BCUT2D eigenvalue weighted by Crippen LogP contribution is 2.22. The molecule has 1 heterocycles. The number of amides is 1. The Bertz CT molecular complexity index is 417. The van der Waals surface area contributed by atoms with Crippen molar-refractivity contribution >= 4 is 29.2 Å². The standard InChI is InChI=1S/C10H15ClN4O2/c1-10(2,3)17-9(16)14-8-4-7(15-12)6(11)5-13-8/h4-5H,12H2,1-3H3,(H2,13,14,15,16). The number of halogens is 1. The third kappa shape index (κ3) is 4.46. The zero-order valence-corrected chi connectivity index (χ0v) is 10.6. The van der Waals surface area contributed by atoms with Crippen molar-refractivity contribution in [2.45, 2.75) is 26.4 Å². The smallest absolute Gasteiger partial charge is 0.413 e. The van der Waals surface area contributed by atoms with Crippen molar-refractivity contribution in [1.82, 2.24) is 4.98 Å². The number of nitrogen functional groups attached to an aromatic ring is 1. The number of pyridine rings is 1. The molecule has 1 amide bonds. The van der Waals surface area contributed by atoms with Crippen LogP contribution in [-0.2, 0) is 4.74 Å². The highest BCUT2D eigenvalue weighted by molar-refractivity contribution is 6.33. The van der Waals surface area contributed by atoms with E-state index in [0.717, 1.165) is 0 Å². The first-order valence-corrected chi connectivity index (χ1v) is 5.32. The predicted octanol–water partition coefficient (Wildman–Crippen LogP) is 2.37. The molecular formula is C10H15ClN4O2. The average Bonchev–Trinajstić information content (AvgIpc) is 2.18. The Kier molecular flexibility index (Phi) is 4.14. The van der Waals surface area contributed by atoms with E-state index in [9.17, 15) is 4.79 Å². The van der Waals surface area contributed by atoms with E-state index in [2.05, 4.69) is 15.7 Å². The molecule has 17 heavy (non-hydrogen) atoms. The molecule has 7 heteroatoms. The lowest BCUT2D eigenvalue weighted by atomic mass is 10.2. The highest BCUT2D eigenvalue weighted by atomic mass is 35.5. The van der Waals surface area contributed by atoms with Gasteiger partial charge in [0.1, 0.15) is 11.4 Å². The van der Waals surface area contributed by atoms with E-state index < -0.39 is 11.7 Å². The molecule has 6 nitrogen and oxygen atoms in total. The van der Waals surface area contributed by atoms with Gasteiger partial charge in [0.2, 0.25) is 0 Å². The Morgan fingerprint density at radius 1 is 1.53 bits per heavy atom. The number of carbonyl (C=O) groups excluding carboxylic acids is 1. The average molecular weight is 259 g/mol. The van der Waals surface area contributed by atoms with Crippen LogP contribution in [0.2, 0.25) is 5.02 Å². The van der Waals surface area contributed by atoms with Gasteiger partial charge in [-0.05, 0) is 20.8 Å². The van der Waals surface area contributed by atoms with Gasteiger partial charge in [-0.1, -0.05) is 11.6 Å². The molecule has 0 atom stereocenters. The van der Waals surface area contributed by atoms with E-state index in [1.807, 2.05) is 0 Å². The first kappa shape index (κ1) is 13.5. The summed E-state index contributed by atoms with van der Waals surface area (Å²) in [4.78, 5) is 15.4. The van der Waals surface area contributed by atoms with Gasteiger partial charge in [-0.15, -0.1) is 0 Å². The first-order chi connectivity index (χ1) is 7.81. The molecule has 0 aliphatic heterocycles. The van der Waals surface area contributed by atoms with Gasteiger partial charge in [0.15, 0.2) is 0 Å². The predicted molar refractivity (Wildman–Crippen MR) is 66.9 cm³/mol. The second-order valence-corrected chi connectivity index (χ2v) is 4.73. The monoisotopic (exact) mass is 258 g/mol. The fourth-order valence-corrected chi connectivity index (χ4v) is 1.18. The van der Waals surface area contributed by atoms with Crippen molar-refractivity contribution in [2.24, 2.45) is 5.84 Å². The number of rotatable bonds is 2. The maximum atomic E-state index is 11.5. The second-order valence-electron chi connectivity index (χ2n) is 4.32. The van der Waals surface area contributed by atoms with Gasteiger partial charge in [-0.3, -0.25) is 11.2 Å². The summed E-state index contributed by atoms with van der Waals surface area (Å²) in [6.07, 6.45) is 0.791. The van der Waals surface area contributed by atoms with Crippen LogP contribution >= 0.6 is 11.6 Å². The summed E-state index contributed by atoms with van der Waals surface area (Å²) in [6, 6.07) is 1.51. The topological polar surface area (TPSA) is 89.3 Å². The molecule has 0 saturated heterocycles. The van der Waals surface area contributed by atoms with Crippen molar-refractivity contribution in [1.29, 1.82) is 0 Å². The van der Waals surface area contributed by atoms with Gasteiger partial charge in [0, 0.05) is 6.07 Å². The number of anilines is 2. The summed E-state index contributed by atoms with van der Waals surface area (Å²) in [5.41, 5.74) is 2.29. The Balaban J connectivity index is 2.72. The Labute approximate surface area is 104 Å². The molecule has 94 valence electrons. The van der Waals surface area contributed by atoms with Crippen molar-refractivity contribution < 1.29 is 9.53 Å². The van der Waals surface area contributed by atoms with E-state index in [1.165, 1.54) is 12.3 Å². The van der Waals surface area contributed by atoms with Gasteiger partial charge in [0.05, 0.1) is 16.9 Å². The SMILES string of the molecule is CC(C)(C)OC(=O)Nc1cc(NN)c(Cl)cn1. The van der Waals surface area contributed by atoms with Crippen molar-refractivity contribution in [3.63, 3.8) is 0 Å². The van der Waals surface area contributed by atoms with Crippen molar-refractivity contribution in [2.75, 3.05) is 10.7 Å². The summed E-state index contributed by atoms with van der Waals surface area (Å²) in [6.45, 7) is 5.32. The Hall–Kier alpha value is -1.53. The number of hydrogen-bond acceptors (Lipinski definition) is 5. The van der Waals surface area contributed by atoms with Crippen LogP contribution in [-0.4, -0.2) is 16.7 Å². The zero-order chi connectivity index (χ0) is 13.1. The summed E-state index contributed by atoms with van der Waals surface area (Å²) < 4.78 is 5.07. The molecule has 1 rings (SSSR count). The molecule has 0 aromatic carbocycles. The van der Waals surface area contributed by atoms with Crippen LogP contribution in [0.25, 0.3) is 0 Å². The van der Waals surface area contributed by atoms with E-state index in [4.69, 9.17) is 22.2 Å². The second kappa shape index (κ2) is 5.20. The summed E-state index contributed by atoms with van der Waals surface area (Å²) >= 11 is 5.79. The van der Waals surface area contributed by atoms with Crippen molar-refractivity contribution in [3.05, 3.63) is 17.3 Å². The fourth-order valence-electron chi connectivity index (χ4n) is 1.03. The molecule has 0 fully saturated rings. The van der Waals surface area contributed by atoms with Gasteiger partial charge in [-0.2, -0.15) is 0 Å². The normalized spacial score (nSPS) is 10.9. The van der Waals surface area contributed by atoms with Crippen LogP contribution in [0.4, 0.5) is 16.3 Å². The van der Waals surface area contributed by atoms with Gasteiger partial charge >= 0.3 is 6.09 Å². The molecule has 0 aliphatic carbocycles. The van der Waals surface area contributed by atoms with E-state index in [1.54, 1.807) is 20.8 Å². The number of nitrogens with zero attached hydrogens (tertiary/aromatic N) is 1. The Morgan fingerprint density at radius 3 is 2.71 bits per heavy atom. The minimum Gasteiger partial charge on any atom is -0.444 e. The minimum atomic E-state index is -0.588. The maximum absolute atomic E-state index is 11.5. The number of carbonyl (C=O) groups is 1. The maximum Gasteiger partial charge on any atom is 0.413 e. The summed E-state index contributed by atoms with van der Waals surface area (Å²) in [5.74, 6) is 5.55. The molecule has 0 saturated carbocycles. The van der Waals surface area contributed by atoms with Gasteiger partial charge in [0.25, 0.3) is 0 Å². The van der Waals surface area contributed by atoms with E-state index in [-0.39, 0.29) is 0 Å². The third-order valence-electron chi connectivity index (χ3n) is 1.64. The molecular weight excluding hydrogens is 244 g/mol. The molecule has 4 N–H and O–H groups in total.